The normalized spacial score (nSPS) is 15.7. The zero-order chi connectivity index (χ0) is 9.80. The molecular weight excluding hydrogens is 212 g/mol. The van der Waals surface area contributed by atoms with Gasteiger partial charge in [-0.2, -0.15) is 0 Å². The first kappa shape index (κ1) is 12.1. The number of nitrogens with one attached hydrogen (secondary N) is 1. The number of nitrogens with zero attached hydrogens (tertiary/aromatic N) is 1. The van der Waals surface area contributed by atoms with E-state index in [1.807, 2.05) is 12.1 Å². The molecule has 0 saturated carbocycles. The number of anilines is 1. The molecule has 15 heavy (non-hydrogen) atoms. The molecule has 1 aromatic rings. The summed E-state index contributed by atoms with van der Waals surface area (Å²) in [6.45, 7) is 4.33. The van der Waals surface area contributed by atoms with Gasteiger partial charge in [-0.3, -0.25) is 0 Å². The molecule has 0 radical (unpaired) electrons. The Morgan fingerprint density at radius 2 is 1.73 bits per heavy atom. The molecule has 0 aliphatic carbocycles. The van der Waals surface area contributed by atoms with Gasteiger partial charge < -0.3 is 27.4 Å². The molecule has 0 unspecified atom stereocenters. The molecule has 1 fully saturated rings. The maximum atomic E-state index is 5.13. The summed E-state index contributed by atoms with van der Waals surface area (Å²) in [7, 11) is 1.69. The second-order valence-electron chi connectivity index (χ2n) is 3.44. The first-order valence-corrected chi connectivity index (χ1v) is 5.00. The monoisotopic (exact) mass is 227 g/mol. The minimum Gasteiger partial charge on any atom is -1.00 e. The molecule has 84 valence electrons. The minimum atomic E-state index is 0. The fraction of sp³-hybridized carbons (Fsp3) is 0.455. The fourth-order valence-corrected chi connectivity index (χ4v) is 1.72. The van der Waals surface area contributed by atoms with E-state index >= 15 is 0 Å². The van der Waals surface area contributed by atoms with Crippen LogP contribution < -0.4 is 27.4 Å². The lowest BCUT2D eigenvalue weighted by Crippen LogP contribution is -3.00. The summed E-state index contributed by atoms with van der Waals surface area (Å²) < 4.78 is 5.13. The molecule has 1 N–H and O–H groups in total. The molecule has 4 heteroatoms. The van der Waals surface area contributed by atoms with Crippen LogP contribution in [0.5, 0.6) is 5.75 Å². The van der Waals surface area contributed by atoms with Crippen LogP contribution in [-0.2, 0) is 0 Å². The molecule has 1 aliphatic rings. The van der Waals surface area contributed by atoms with Gasteiger partial charge in [-0.15, -0.1) is 0 Å². The Hall–Kier alpha value is -0.930. The maximum absolute atomic E-state index is 5.13. The summed E-state index contributed by atoms with van der Waals surface area (Å²) in [5.41, 5.74) is 1.28. The van der Waals surface area contributed by atoms with Crippen molar-refractivity contribution >= 4 is 5.69 Å². The van der Waals surface area contributed by atoms with Crippen LogP contribution in [0.15, 0.2) is 24.3 Å². The first-order chi connectivity index (χ1) is 6.90. The number of piperazine rings is 1. The standard InChI is InChI=1S/C11H16N2O.ClH/c1-14-11-4-2-10(3-5-11)13-8-6-12-7-9-13;/h2-5,12H,6-9H2,1H3;1H/p-1. The van der Waals surface area contributed by atoms with Crippen LogP contribution in [0, 0.1) is 0 Å². The average Bonchev–Trinajstić information content (AvgIpc) is 2.30. The van der Waals surface area contributed by atoms with Gasteiger partial charge in [0.15, 0.2) is 0 Å². The molecule has 0 spiro atoms. The summed E-state index contributed by atoms with van der Waals surface area (Å²) >= 11 is 0. The van der Waals surface area contributed by atoms with Crippen LogP contribution in [0.25, 0.3) is 0 Å². The van der Waals surface area contributed by atoms with E-state index in [4.69, 9.17) is 4.74 Å². The van der Waals surface area contributed by atoms with E-state index < -0.39 is 0 Å². The molecule has 1 aliphatic heterocycles. The summed E-state index contributed by atoms with van der Waals surface area (Å²) in [4.78, 5) is 2.38. The Morgan fingerprint density at radius 3 is 2.27 bits per heavy atom. The van der Waals surface area contributed by atoms with E-state index in [0.717, 1.165) is 31.9 Å². The minimum absolute atomic E-state index is 0. The SMILES string of the molecule is COc1ccc(N2CCNCC2)cc1.[Cl-]. The Labute approximate surface area is 96.8 Å². The van der Waals surface area contributed by atoms with Crippen molar-refractivity contribution in [3.8, 4) is 5.75 Å². The van der Waals surface area contributed by atoms with Crippen molar-refractivity contribution in [2.24, 2.45) is 0 Å². The highest BCUT2D eigenvalue weighted by molar-refractivity contribution is 5.49. The summed E-state index contributed by atoms with van der Waals surface area (Å²) in [5, 5.41) is 3.34. The van der Waals surface area contributed by atoms with Crippen molar-refractivity contribution in [2.45, 2.75) is 0 Å². The molecule has 0 aromatic heterocycles. The van der Waals surface area contributed by atoms with Gasteiger partial charge in [-0.25, -0.2) is 0 Å². The van der Waals surface area contributed by atoms with Crippen molar-refractivity contribution in [3.05, 3.63) is 24.3 Å². The van der Waals surface area contributed by atoms with Gasteiger partial charge in [0.2, 0.25) is 0 Å². The number of ether oxygens (including phenoxy) is 1. The van der Waals surface area contributed by atoms with Gasteiger partial charge in [-0.05, 0) is 24.3 Å². The second-order valence-corrected chi connectivity index (χ2v) is 3.44. The van der Waals surface area contributed by atoms with Crippen molar-refractivity contribution in [1.29, 1.82) is 0 Å². The van der Waals surface area contributed by atoms with Gasteiger partial charge in [0.05, 0.1) is 7.11 Å². The third-order valence-electron chi connectivity index (χ3n) is 2.55. The van der Waals surface area contributed by atoms with Crippen molar-refractivity contribution in [2.75, 3.05) is 38.2 Å². The number of hydrogen-bond acceptors (Lipinski definition) is 3. The molecular formula is C11H16ClN2O-. The van der Waals surface area contributed by atoms with Crippen molar-refractivity contribution in [3.63, 3.8) is 0 Å². The quantitative estimate of drug-likeness (QED) is 0.640. The Morgan fingerprint density at radius 1 is 1.13 bits per heavy atom. The summed E-state index contributed by atoms with van der Waals surface area (Å²) in [6, 6.07) is 8.25. The zero-order valence-electron chi connectivity index (χ0n) is 8.87. The van der Waals surface area contributed by atoms with Crippen LogP contribution >= 0.6 is 0 Å². The van der Waals surface area contributed by atoms with Gasteiger partial charge in [-0.1, -0.05) is 0 Å². The third kappa shape index (κ3) is 3.01. The molecule has 2 rings (SSSR count). The van der Waals surface area contributed by atoms with Crippen molar-refractivity contribution in [1.82, 2.24) is 5.32 Å². The lowest BCUT2D eigenvalue weighted by Gasteiger charge is -2.29. The van der Waals surface area contributed by atoms with E-state index in [0.29, 0.717) is 0 Å². The lowest BCUT2D eigenvalue weighted by molar-refractivity contribution is -0.00000318. The maximum Gasteiger partial charge on any atom is 0.119 e. The Balaban J connectivity index is 0.00000112. The predicted octanol–water partition coefficient (Wildman–Crippen LogP) is -1.89. The molecule has 0 amide bonds. The highest BCUT2D eigenvalue weighted by atomic mass is 35.5. The van der Waals surface area contributed by atoms with Crippen LogP contribution in [0.4, 0.5) is 5.69 Å². The van der Waals surface area contributed by atoms with Crippen molar-refractivity contribution < 1.29 is 17.1 Å². The first-order valence-electron chi connectivity index (χ1n) is 5.00. The second kappa shape index (κ2) is 5.83. The average molecular weight is 228 g/mol. The van der Waals surface area contributed by atoms with E-state index in [1.165, 1.54) is 5.69 Å². The fourth-order valence-electron chi connectivity index (χ4n) is 1.72. The van der Waals surface area contributed by atoms with E-state index in [-0.39, 0.29) is 12.4 Å². The predicted molar refractivity (Wildman–Crippen MR) is 58.1 cm³/mol. The number of rotatable bonds is 2. The van der Waals surface area contributed by atoms with Gasteiger partial charge in [0.1, 0.15) is 5.75 Å². The van der Waals surface area contributed by atoms with E-state index in [9.17, 15) is 0 Å². The van der Waals surface area contributed by atoms with Crippen LogP contribution in [0.1, 0.15) is 0 Å². The topological polar surface area (TPSA) is 24.5 Å². The van der Waals surface area contributed by atoms with Gasteiger partial charge in [0, 0.05) is 31.9 Å². The Bertz CT molecular complexity index is 283. The third-order valence-corrected chi connectivity index (χ3v) is 2.55. The zero-order valence-corrected chi connectivity index (χ0v) is 9.63. The number of benzene rings is 1. The smallest absolute Gasteiger partial charge is 0.119 e. The number of methoxy groups -OCH3 is 1. The van der Waals surface area contributed by atoms with Gasteiger partial charge >= 0.3 is 0 Å². The molecule has 1 aromatic carbocycles. The van der Waals surface area contributed by atoms with Crippen LogP contribution in [0.2, 0.25) is 0 Å². The van der Waals surface area contributed by atoms with Crippen LogP contribution in [-0.4, -0.2) is 33.3 Å². The van der Waals surface area contributed by atoms with E-state index in [2.05, 4.69) is 22.3 Å². The van der Waals surface area contributed by atoms with Crippen LogP contribution in [0.3, 0.4) is 0 Å². The number of halogens is 1. The Kier molecular flexibility index (Phi) is 4.72. The largest absolute Gasteiger partial charge is 1.00 e. The number of hydrogen-bond donors (Lipinski definition) is 1. The highest BCUT2D eigenvalue weighted by Gasteiger charge is 2.09. The molecule has 0 atom stereocenters. The molecule has 3 nitrogen and oxygen atoms in total. The summed E-state index contributed by atoms with van der Waals surface area (Å²) in [5.74, 6) is 0.920. The molecule has 1 heterocycles. The molecule has 1 saturated heterocycles. The van der Waals surface area contributed by atoms with Gasteiger partial charge in [0.25, 0.3) is 0 Å². The summed E-state index contributed by atoms with van der Waals surface area (Å²) in [6.07, 6.45) is 0. The molecule has 0 bridgehead atoms. The van der Waals surface area contributed by atoms with E-state index in [1.54, 1.807) is 7.11 Å². The lowest BCUT2D eigenvalue weighted by atomic mass is 10.2. The highest BCUT2D eigenvalue weighted by Crippen LogP contribution is 2.19.